The minimum Gasteiger partial charge on any atom is -0.394 e. The van der Waals surface area contributed by atoms with Crippen LogP contribution in [0.2, 0.25) is 0 Å². The smallest absolute Gasteiger partial charge is 0.203 e. The highest BCUT2D eigenvalue weighted by Gasteiger charge is 2.45. The second kappa shape index (κ2) is 4.85. The minimum atomic E-state index is -1.55. The highest BCUT2D eigenvalue weighted by molar-refractivity contribution is 7.81. The number of hydrogen-bond donors (Lipinski definition) is 6. The normalized spacial score (nSPS) is 38.8. The average molecular weight is 315 g/mol. The molecule has 0 aromatic carbocycles. The van der Waals surface area contributed by atoms with Crippen LogP contribution in [0.4, 0.5) is 5.82 Å². The summed E-state index contributed by atoms with van der Waals surface area (Å²) in [6, 6.07) is 0. The number of aliphatic imine (C=N–C) groups is 1. The second-order valence-electron chi connectivity index (χ2n) is 5.22. The van der Waals surface area contributed by atoms with Crippen LogP contribution in [0.15, 0.2) is 11.3 Å². The molecule has 6 N–H and O–H groups in total. The second-order valence-corrected chi connectivity index (χ2v) is 5.82. The van der Waals surface area contributed by atoms with Crippen LogP contribution in [-0.2, 0) is 10.5 Å². The standard InChI is InChI=1S/C11H17N5O4S/c1-11(19)7-8(14-10(12)15-11)16(3-13-7)9-6(21)5(18)4(2-17)20-9/h3-6,9,17-19,21H,2H2,1H3,(H3,12,14,15). The Morgan fingerprint density at radius 3 is 2.95 bits per heavy atom. The number of nitrogens with two attached hydrogens (primary N) is 1. The van der Waals surface area contributed by atoms with Gasteiger partial charge in [0.1, 0.15) is 17.6 Å². The SMILES string of the molecule is CC1(O)N=C(N)Nc2c1ncn2C1OC(CO)C(O)C1S. The van der Waals surface area contributed by atoms with Gasteiger partial charge in [0.25, 0.3) is 0 Å². The number of aliphatic hydroxyl groups is 3. The van der Waals surface area contributed by atoms with Gasteiger partial charge in [-0.05, 0) is 6.92 Å². The summed E-state index contributed by atoms with van der Waals surface area (Å²) in [5.74, 6) is 0.463. The van der Waals surface area contributed by atoms with E-state index in [4.69, 9.17) is 10.5 Å². The van der Waals surface area contributed by atoms with Gasteiger partial charge in [-0.2, -0.15) is 12.6 Å². The third-order valence-electron chi connectivity index (χ3n) is 3.62. The molecule has 10 heteroatoms. The lowest BCUT2D eigenvalue weighted by atomic mass is 10.1. The van der Waals surface area contributed by atoms with Gasteiger partial charge in [-0.3, -0.25) is 4.57 Å². The van der Waals surface area contributed by atoms with Gasteiger partial charge in [0.15, 0.2) is 12.2 Å². The van der Waals surface area contributed by atoms with Gasteiger partial charge in [-0.15, -0.1) is 0 Å². The van der Waals surface area contributed by atoms with Crippen molar-refractivity contribution < 1.29 is 20.1 Å². The quantitative estimate of drug-likeness (QED) is 0.359. The predicted octanol–water partition coefficient (Wildman–Crippen LogP) is -1.66. The molecule has 0 saturated carbocycles. The molecule has 5 atom stereocenters. The lowest BCUT2D eigenvalue weighted by Gasteiger charge is -2.27. The molecule has 2 aliphatic heterocycles. The Labute approximate surface area is 125 Å². The van der Waals surface area contributed by atoms with E-state index in [1.807, 2.05) is 0 Å². The highest BCUT2D eigenvalue weighted by atomic mass is 32.1. The van der Waals surface area contributed by atoms with Crippen molar-refractivity contribution in [3.63, 3.8) is 0 Å². The summed E-state index contributed by atoms with van der Waals surface area (Å²) in [6.07, 6.45) is -0.867. The lowest BCUT2D eigenvalue weighted by molar-refractivity contribution is -0.0436. The molecule has 1 aromatic heterocycles. The van der Waals surface area contributed by atoms with Gasteiger partial charge in [-0.1, -0.05) is 0 Å². The first-order valence-corrected chi connectivity index (χ1v) is 6.91. The largest absolute Gasteiger partial charge is 0.394 e. The molecule has 5 unspecified atom stereocenters. The zero-order chi connectivity index (χ0) is 15.4. The summed E-state index contributed by atoms with van der Waals surface area (Å²) in [7, 11) is 0. The van der Waals surface area contributed by atoms with Gasteiger partial charge < -0.3 is 31.1 Å². The number of fused-ring (bicyclic) bond motifs is 1. The Bertz CT molecular complexity index is 589. The van der Waals surface area contributed by atoms with E-state index >= 15 is 0 Å². The first-order valence-electron chi connectivity index (χ1n) is 6.39. The molecule has 116 valence electrons. The van der Waals surface area contributed by atoms with Gasteiger partial charge in [-0.25, -0.2) is 9.98 Å². The van der Waals surface area contributed by atoms with Gasteiger partial charge in [0, 0.05) is 0 Å². The van der Waals surface area contributed by atoms with Crippen LogP contribution >= 0.6 is 12.6 Å². The van der Waals surface area contributed by atoms with Crippen LogP contribution in [0.25, 0.3) is 0 Å². The fraction of sp³-hybridized carbons (Fsp3) is 0.636. The summed E-state index contributed by atoms with van der Waals surface area (Å²) >= 11 is 4.33. The van der Waals surface area contributed by atoms with Crippen molar-refractivity contribution in [3.05, 3.63) is 12.0 Å². The van der Waals surface area contributed by atoms with Crippen molar-refractivity contribution in [2.45, 2.75) is 36.3 Å². The molecule has 2 aliphatic rings. The number of hydrogen-bond acceptors (Lipinski definition) is 9. The number of aromatic nitrogens is 2. The van der Waals surface area contributed by atoms with E-state index in [2.05, 4.69) is 27.9 Å². The monoisotopic (exact) mass is 315 g/mol. The third kappa shape index (κ3) is 2.19. The molecule has 0 amide bonds. The van der Waals surface area contributed by atoms with E-state index in [0.717, 1.165) is 0 Å². The van der Waals surface area contributed by atoms with Crippen LogP contribution in [0.5, 0.6) is 0 Å². The maximum absolute atomic E-state index is 10.2. The molecular formula is C11H17N5O4S. The van der Waals surface area contributed by atoms with Crippen molar-refractivity contribution in [1.82, 2.24) is 9.55 Å². The summed E-state index contributed by atoms with van der Waals surface area (Å²) in [5, 5.41) is 31.7. The Kier molecular flexibility index (Phi) is 3.37. The van der Waals surface area contributed by atoms with Crippen LogP contribution in [0.3, 0.4) is 0 Å². The highest BCUT2D eigenvalue weighted by Crippen LogP contribution is 2.39. The fourth-order valence-electron chi connectivity index (χ4n) is 2.57. The van der Waals surface area contributed by atoms with Crippen molar-refractivity contribution in [1.29, 1.82) is 0 Å². The van der Waals surface area contributed by atoms with Crippen LogP contribution < -0.4 is 11.1 Å². The number of guanidine groups is 1. The molecule has 0 radical (unpaired) electrons. The lowest BCUT2D eigenvalue weighted by Crippen LogP contribution is -2.37. The van der Waals surface area contributed by atoms with Gasteiger partial charge >= 0.3 is 0 Å². The molecule has 3 heterocycles. The summed E-state index contributed by atoms with van der Waals surface area (Å²) in [5.41, 5.74) is 4.40. The number of thiol groups is 1. The third-order valence-corrected chi connectivity index (χ3v) is 4.18. The topological polar surface area (TPSA) is 138 Å². The molecule has 1 aromatic rings. The molecule has 3 rings (SSSR count). The van der Waals surface area contributed by atoms with Crippen molar-refractivity contribution in [2.24, 2.45) is 10.7 Å². The van der Waals surface area contributed by atoms with E-state index in [1.54, 1.807) is 4.57 Å². The Morgan fingerprint density at radius 1 is 1.62 bits per heavy atom. The number of ether oxygens (including phenoxy) is 1. The van der Waals surface area contributed by atoms with Gasteiger partial charge in [0.05, 0.1) is 24.3 Å². The van der Waals surface area contributed by atoms with Crippen molar-refractivity contribution in [3.8, 4) is 0 Å². The number of rotatable bonds is 2. The maximum Gasteiger partial charge on any atom is 0.203 e. The fourth-order valence-corrected chi connectivity index (χ4v) is 2.98. The molecule has 1 saturated heterocycles. The molecule has 9 nitrogen and oxygen atoms in total. The molecular weight excluding hydrogens is 298 g/mol. The van der Waals surface area contributed by atoms with E-state index in [0.29, 0.717) is 11.5 Å². The number of imidazole rings is 1. The van der Waals surface area contributed by atoms with Crippen LogP contribution in [-0.4, -0.2) is 54.9 Å². The van der Waals surface area contributed by atoms with E-state index in [9.17, 15) is 15.3 Å². The summed E-state index contributed by atoms with van der Waals surface area (Å²) < 4.78 is 7.16. The first kappa shape index (κ1) is 14.6. The Morgan fingerprint density at radius 2 is 2.33 bits per heavy atom. The average Bonchev–Trinajstić information content (AvgIpc) is 2.93. The zero-order valence-electron chi connectivity index (χ0n) is 11.2. The van der Waals surface area contributed by atoms with Crippen molar-refractivity contribution in [2.75, 3.05) is 11.9 Å². The Balaban J connectivity index is 1.99. The zero-order valence-corrected chi connectivity index (χ0v) is 12.1. The van der Waals surface area contributed by atoms with E-state index < -0.39 is 29.4 Å². The molecule has 0 aliphatic carbocycles. The number of aliphatic hydroxyl groups excluding tert-OH is 2. The van der Waals surface area contributed by atoms with Gasteiger partial charge in [0.2, 0.25) is 5.72 Å². The minimum absolute atomic E-state index is 0.0437. The van der Waals surface area contributed by atoms with Crippen molar-refractivity contribution >= 4 is 24.4 Å². The molecule has 0 spiro atoms. The first-order chi connectivity index (χ1) is 9.85. The number of nitrogens with one attached hydrogen (secondary N) is 1. The van der Waals surface area contributed by atoms with Crippen LogP contribution in [0, 0.1) is 0 Å². The van der Waals surface area contributed by atoms with Crippen LogP contribution in [0.1, 0.15) is 18.8 Å². The van der Waals surface area contributed by atoms with E-state index in [-0.39, 0.29) is 12.6 Å². The molecule has 21 heavy (non-hydrogen) atoms. The molecule has 1 fully saturated rings. The molecule has 0 bridgehead atoms. The maximum atomic E-state index is 10.2. The van der Waals surface area contributed by atoms with E-state index in [1.165, 1.54) is 13.3 Å². The number of nitrogens with zero attached hydrogens (tertiary/aromatic N) is 3. The summed E-state index contributed by atoms with van der Waals surface area (Å²) in [4.78, 5) is 8.00. The Hall–Kier alpha value is -1.33. The predicted molar refractivity (Wildman–Crippen MR) is 76.8 cm³/mol. The summed E-state index contributed by atoms with van der Waals surface area (Å²) in [6.45, 7) is 1.15. The number of anilines is 1.